The lowest BCUT2D eigenvalue weighted by molar-refractivity contribution is 0.156. The van der Waals surface area contributed by atoms with Gasteiger partial charge < -0.3 is 14.4 Å². The molecule has 2 aliphatic heterocycles. The summed E-state index contributed by atoms with van der Waals surface area (Å²) in [6.07, 6.45) is 6.48. The van der Waals surface area contributed by atoms with Crippen LogP contribution in [0.3, 0.4) is 0 Å². The standard InChI is InChI=1S/C18H23N5O2/c1-13-21-16(14-5-10-24-12-14)11-17(22-13)23-8-3-15(4-9-23)25-18-19-6-2-7-20-18/h2,6-7,11,14-15H,3-5,8-10,12H2,1H3/t14-/m0/s1. The Balaban J connectivity index is 1.40. The van der Waals surface area contributed by atoms with Gasteiger partial charge in [0.05, 0.1) is 12.3 Å². The Morgan fingerprint density at radius 2 is 1.92 bits per heavy atom. The van der Waals surface area contributed by atoms with E-state index in [-0.39, 0.29) is 6.10 Å². The summed E-state index contributed by atoms with van der Waals surface area (Å²) in [4.78, 5) is 19.9. The molecule has 7 nitrogen and oxygen atoms in total. The zero-order valence-electron chi connectivity index (χ0n) is 14.5. The van der Waals surface area contributed by atoms with Crippen LogP contribution in [-0.2, 0) is 4.74 Å². The molecule has 2 aromatic rings. The zero-order valence-corrected chi connectivity index (χ0v) is 14.5. The SMILES string of the molecule is Cc1nc([C@H]2CCOC2)cc(N2CCC(Oc3ncccn3)CC2)n1. The van der Waals surface area contributed by atoms with E-state index < -0.39 is 0 Å². The molecule has 0 saturated carbocycles. The molecular formula is C18H23N5O2. The molecule has 0 unspecified atom stereocenters. The van der Waals surface area contributed by atoms with Crippen molar-refractivity contribution in [3.8, 4) is 6.01 Å². The molecule has 4 heterocycles. The number of piperidine rings is 1. The summed E-state index contributed by atoms with van der Waals surface area (Å²) in [5.41, 5.74) is 1.11. The average Bonchev–Trinajstić information content (AvgIpc) is 3.17. The van der Waals surface area contributed by atoms with Gasteiger partial charge in [-0.15, -0.1) is 0 Å². The van der Waals surface area contributed by atoms with Crippen molar-refractivity contribution in [2.75, 3.05) is 31.2 Å². The second-order valence-electron chi connectivity index (χ2n) is 6.59. The van der Waals surface area contributed by atoms with E-state index in [2.05, 4.69) is 30.9 Å². The lowest BCUT2D eigenvalue weighted by Crippen LogP contribution is -2.39. The van der Waals surface area contributed by atoms with Crippen molar-refractivity contribution < 1.29 is 9.47 Å². The molecule has 132 valence electrons. The van der Waals surface area contributed by atoms with Crippen LogP contribution >= 0.6 is 0 Å². The molecule has 0 aromatic carbocycles. The Morgan fingerprint density at radius 1 is 1.12 bits per heavy atom. The number of hydrogen-bond acceptors (Lipinski definition) is 7. The van der Waals surface area contributed by atoms with E-state index in [9.17, 15) is 0 Å². The number of nitrogens with zero attached hydrogens (tertiary/aromatic N) is 5. The summed E-state index contributed by atoms with van der Waals surface area (Å²) >= 11 is 0. The van der Waals surface area contributed by atoms with Crippen molar-refractivity contribution in [1.29, 1.82) is 0 Å². The molecule has 7 heteroatoms. The van der Waals surface area contributed by atoms with Crippen LogP contribution in [0, 0.1) is 6.92 Å². The highest BCUT2D eigenvalue weighted by molar-refractivity contribution is 5.41. The molecule has 2 saturated heterocycles. The van der Waals surface area contributed by atoms with Crippen LogP contribution in [0.25, 0.3) is 0 Å². The van der Waals surface area contributed by atoms with Gasteiger partial charge in [0.15, 0.2) is 0 Å². The van der Waals surface area contributed by atoms with E-state index >= 15 is 0 Å². The van der Waals surface area contributed by atoms with Crippen molar-refractivity contribution in [3.05, 3.63) is 36.0 Å². The fraction of sp³-hybridized carbons (Fsp3) is 0.556. The summed E-state index contributed by atoms with van der Waals surface area (Å²) in [5.74, 6) is 2.25. The number of anilines is 1. The number of ether oxygens (including phenoxy) is 2. The van der Waals surface area contributed by atoms with Crippen molar-refractivity contribution >= 4 is 5.82 Å². The van der Waals surface area contributed by atoms with Gasteiger partial charge in [-0.25, -0.2) is 19.9 Å². The number of rotatable bonds is 4. The molecule has 0 spiro atoms. The molecule has 0 radical (unpaired) electrons. The van der Waals surface area contributed by atoms with Crippen molar-refractivity contribution in [2.45, 2.75) is 38.2 Å². The molecule has 2 aliphatic rings. The van der Waals surface area contributed by atoms with Gasteiger partial charge in [-0.05, 0) is 19.4 Å². The summed E-state index contributed by atoms with van der Waals surface area (Å²) in [6.45, 7) is 5.38. The second-order valence-corrected chi connectivity index (χ2v) is 6.59. The third-order valence-electron chi connectivity index (χ3n) is 4.77. The van der Waals surface area contributed by atoms with Crippen LogP contribution in [0.4, 0.5) is 5.82 Å². The molecular weight excluding hydrogens is 318 g/mol. The van der Waals surface area contributed by atoms with Crippen molar-refractivity contribution in [3.63, 3.8) is 0 Å². The normalized spacial score (nSPS) is 21.5. The van der Waals surface area contributed by atoms with Crippen LogP contribution in [0.5, 0.6) is 6.01 Å². The van der Waals surface area contributed by atoms with Crippen LogP contribution in [0.2, 0.25) is 0 Å². The summed E-state index contributed by atoms with van der Waals surface area (Å²) in [5, 5.41) is 0. The summed E-state index contributed by atoms with van der Waals surface area (Å²) in [6, 6.07) is 4.38. The minimum absolute atomic E-state index is 0.157. The predicted octanol–water partition coefficient (Wildman–Crippen LogP) is 2.13. The fourth-order valence-electron chi connectivity index (χ4n) is 3.41. The lowest BCUT2D eigenvalue weighted by Gasteiger charge is -2.32. The maximum atomic E-state index is 5.87. The predicted molar refractivity (Wildman–Crippen MR) is 92.8 cm³/mol. The molecule has 25 heavy (non-hydrogen) atoms. The fourth-order valence-corrected chi connectivity index (χ4v) is 3.41. The highest BCUT2D eigenvalue weighted by atomic mass is 16.5. The molecule has 2 fully saturated rings. The molecule has 4 rings (SSSR count). The molecule has 2 aromatic heterocycles. The van der Waals surface area contributed by atoms with Gasteiger partial charge >= 0.3 is 6.01 Å². The van der Waals surface area contributed by atoms with Gasteiger partial charge in [-0.1, -0.05) is 0 Å². The zero-order chi connectivity index (χ0) is 17.1. The maximum Gasteiger partial charge on any atom is 0.316 e. The topological polar surface area (TPSA) is 73.3 Å². The monoisotopic (exact) mass is 341 g/mol. The number of hydrogen-bond donors (Lipinski definition) is 0. The number of aromatic nitrogens is 4. The van der Waals surface area contributed by atoms with E-state index in [1.807, 2.05) is 6.92 Å². The van der Waals surface area contributed by atoms with Crippen LogP contribution in [-0.4, -0.2) is 52.3 Å². The molecule has 1 atom stereocenters. The number of aryl methyl sites for hydroxylation is 1. The Bertz CT molecular complexity index is 698. The summed E-state index contributed by atoms with van der Waals surface area (Å²) in [7, 11) is 0. The Hall–Kier alpha value is -2.28. The molecule has 0 amide bonds. The lowest BCUT2D eigenvalue weighted by atomic mass is 10.0. The van der Waals surface area contributed by atoms with Crippen molar-refractivity contribution in [2.24, 2.45) is 0 Å². The van der Waals surface area contributed by atoms with E-state index in [0.29, 0.717) is 11.9 Å². The maximum absolute atomic E-state index is 5.87. The smallest absolute Gasteiger partial charge is 0.316 e. The van der Waals surface area contributed by atoms with Crippen molar-refractivity contribution in [1.82, 2.24) is 19.9 Å². The largest absolute Gasteiger partial charge is 0.460 e. The van der Waals surface area contributed by atoms with E-state index in [0.717, 1.165) is 62.9 Å². The first-order valence-electron chi connectivity index (χ1n) is 8.90. The molecule has 0 bridgehead atoms. The highest BCUT2D eigenvalue weighted by Crippen LogP contribution is 2.27. The Kier molecular flexibility index (Phi) is 4.74. The van der Waals surface area contributed by atoms with E-state index in [1.165, 1.54) is 0 Å². The van der Waals surface area contributed by atoms with Gasteiger partial charge in [0, 0.05) is 56.9 Å². The third-order valence-corrected chi connectivity index (χ3v) is 4.77. The van der Waals surface area contributed by atoms with Crippen LogP contribution < -0.4 is 9.64 Å². The minimum Gasteiger partial charge on any atom is -0.460 e. The van der Waals surface area contributed by atoms with Gasteiger partial charge in [-0.3, -0.25) is 0 Å². The third kappa shape index (κ3) is 3.87. The van der Waals surface area contributed by atoms with Gasteiger partial charge in [0.1, 0.15) is 17.7 Å². The minimum atomic E-state index is 0.157. The second kappa shape index (κ2) is 7.31. The van der Waals surface area contributed by atoms with E-state index in [1.54, 1.807) is 18.5 Å². The van der Waals surface area contributed by atoms with Gasteiger partial charge in [0.2, 0.25) is 0 Å². The Morgan fingerprint density at radius 3 is 2.64 bits per heavy atom. The summed E-state index contributed by atoms with van der Waals surface area (Å²) < 4.78 is 11.4. The van der Waals surface area contributed by atoms with Gasteiger partial charge in [0.25, 0.3) is 0 Å². The molecule has 0 N–H and O–H groups in total. The Labute approximate surface area is 147 Å². The first kappa shape index (κ1) is 16.2. The molecule has 0 aliphatic carbocycles. The quantitative estimate of drug-likeness (QED) is 0.843. The van der Waals surface area contributed by atoms with Crippen LogP contribution in [0.15, 0.2) is 24.5 Å². The van der Waals surface area contributed by atoms with Crippen LogP contribution in [0.1, 0.15) is 36.7 Å². The first-order valence-corrected chi connectivity index (χ1v) is 8.90. The van der Waals surface area contributed by atoms with E-state index in [4.69, 9.17) is 9.47 Å². The van der Waals surface area contributed by atoms with Gasteiger partial charge in [-0.2, -0.15) is 0 Å². The first-order chi connectivity index (χ1) is 12.3. The highest BCUT2D eigenvalue weighted by Gasteiger charge is 2.25. The average molecular weight is 341 g/mol.